The van der Waals surface area contributed by atoms with E-state index in [1.165, 1.54) is 5.56 Å². The smallest absolute Gasteiger partial charge is 0.131 e. The van der Waals surface area contributed by atoms with Gasteiger partial charge in [-0.1, -0.05) is 63.2 Å². The van der Waals surface area contributed by atoms with Crippen molar-refractivity contribution in [2.45, 2.75) is 53.1 Å². The van der Waals surface area contributed by atoms with E-state index in [2.05, 4.69) is 52.0 Å². The molecule has 0 unspecified atom stereocenters. The minimum absolute atomic E-state index is 0.0479. The zero-order chi connectivity index (χ0) is 20.5. The normalized spacial score (nSPS) is 11.7. The van der Waals surface area contributed by atoms with Gasteiger partial charge in [-0.15, -0.1) is 0 Å². The molecule has 28 heavy (non-hydrogen) atoms. The Morgan fingerprint density at radius 3 is 1.89 bits per heavy atom. The molecule has 0 aliphatic rings. The number of hydrogen-bond donors (Lipinski definition) is 1. The van der Waals surface area contributed by atoms with Gasteiger partial charge in [0.2, 0.25) is 0 Å². The molecule has 0 amide bonds. The lowest BCUT2D eigenvalue weighted by Crippen LogP contribution is -2.12. The predicted octanol–water partition coefficient (Wildman–Crippen LogP) is 7.12. The molecule has 0 radical (unpaired) electrons. The third kappa shape index (κ3) is 4.06. The van der Waals surface area contributed by atoms with Crippen LogP contribution in [0.15, 0.2) is 60.7 Å². The Hall–Kier alpha value is -2.74. The van der Waals surface area contributed by atoms with Crippen LogP contribution in [-0.2, 0) is 5.41 Å². The van der Waals surface area contributed by atoms with Crippen molar-refractivity contribution in [1.82, 2.24) is 0 Å². The second-order valence-electron chi connectivity index (χ2n) is 8.65. The first kappa shape index (κ1) is 20.0. The molecule has 0 aromatic heterocycles. The maximum atomic E-state index is 11.3. The fourth-order valence-corrected chi connectivity index (χ4v) is 3.40. The second-order valence-corrected chi connectivity index (χ2v) is 8.65. The van der Waals surface area contributed by atoms with Crippen LogP contribution in [0.2, 0.25) is 0 Å². The van der Waals surface area contributed by atoms with Gasteiger partial charge in [0.1, 0.15) is 11.5 Å². The number of phenolic OH excluding ortho intramolecular Hbond substituents is 1. The summed E-state index contributed by atoms with van der Waals surface area (Å²) < 4.78 is 6.04. The lowest BCUT2D eigenvalue weighted by atomic mass is 9.82. The first-order valence-electron chi connectivity index (χ1n) is 9.88. The van der Waals surface area contributed by atoms with Crippen molar-refractivity contribution in [2.24, 2.45) is 0 Å². The number of aryl methyl sites for hydroxylation is 1. The molecule has 3 rings (SSSR count). The summed E-state index contributed by atoms with van der Waals surface area (Å²) in [6.45, 7) is 12.7. The molecule has 1 N–H and O–H groups in total. The molecular weight excluding hydrogens is 344 g/mol. The van der Waals surface area contributed by atoms with Crippen LogP contribution in [0.3, 0.4) is 0 Å². The Morgan fingerprint density at radius 2 is 1.32 bits per heavy atom. The molecule has 3 aromatic carbocycles. The molecule has 146 valence electrons. The highest BCUT2D eigenvalue weighted by molar-refractivity contribution is 5.86. The van der Waals surface area contributed by atoms with Gasteiger partial charge in [-0.2, -0.15) is 0 Å². The SMILES string of the molecule is Cc1ccccc1-c1cc(C(C)(C)C)cc(-c2ccccc2OC(C)C)c1O. The summed E-state index contributed by atoms with van der Waals surface area (Å²) in [5.74, 6) is 1.08. The number of hydrogen-bond acceptors (Lipinski definition) is 2. The molecule has 0 bridgehead atoms. The third-order valence-corrected chi connectivity index (χ3v) is 4.95. The summed E-state index contributed by atoms with van der Waals surface area (Å²) in [7, 11) is 0. The van der Waals surface area contributed by atoms with Crippen molar-refractivity contribution >= 4 is 0 Å². The maximum absolute atomic E-state index is 11.3. The van der Waals surface area contributed by atoms with Crippen LogP contribution in [0.5, 0.6) is 11.5 Å². The van der Waals surface area contributed by atoms with Crippen molar-refractivity contribution in [3.8, 4) is 33.8 Å². The standard InChI is InChI=1S/C26H30O2/c1-17(2)28-24-14-10-9-13-21(24)23-16-19(26(4,5)6)15-22(25(23)27)20-12-8-7-11-18(20)3/h7-17,27H,1-6H3. The van der Waals surface area contributed by atoms with Crippen molar-refractivity contribution in [3.05, 3.63) is 71.8 Å². The predicted molar refractivity (Wildman–Crippen MR) is 118 cm³/mol. The van der Waals surface area contributed by atoms with Gasteiger partial charge in [-0.05, 0) is 61.1 Å². The molecule has 0 fully saturated rings. The quantitative estimate of drug-likeness (QED) is 0.527. The van der Waals surface area contributed by atoms with Gasteiger partial charge in [-0.25, -0.2) is 0 Å². The van der Waals surface area contributed by atoms with Gasteiger partial charge in [-0.3, -0.25) is 0 Å². The van der Waals surface area contributed by atoms with Gasteiger partial charge >= 0.3 is 0 Å². The Bertz CT molecular complexity index is 978. The largest absolute Gasteiger partial charge is 0.507 e. The molecule has 0 aliphatic carbocycles. The van der Waals surface area contributed by atoms with Crippen LogP contribution in [0.1, 0.15) is 45.7 Å². The summed E-state index contributed by atoms with van der Waals surface area (Å²) >= 11 is 0. The Morgan fingerprint density at radius 1 is 0.786 bits per heavy atom. The molecule has 0 heterocycles. The van der Waals surface area contributed by atoms with Crippen LogP contribution in [0.25, 0.3) is 22.3 Å². The molecule has 0 atom stereocenters. The highest BCUT2D eigenvalue weighted by Gasteiger charge is 2.22. The van der Waals surface area contributed by atoms with Crippen LogP contribution >= 0.6 is 0 Å². The van der Waals surface area contributed by atoms with E-state index in [4.69, 9.17) is 4.74 Å². The molecular formula is C26H30O2. The average Bonchev–Trinajstić information content (AvgIpc) is 2.62. The molecule has 0 aliphatic heterocycles. The molecule has 0 spiro atoms. The van der Waals surface area contributed by atoms with E-state index in [0.29, 0.717) is 5.75 Å². The molecule has 0 saturated heterocycles. The Balaban J connectivity index is 2.31. The highest BCUT2D eigenvalue weighted by atomic mass is 16.5. The fraction of sp³-hybridized carbons (Fsp3) is 0.308. The van der Waals surface area contributed by atoms with Crippen LogP contribution < -0.4 is 4.74 Å². The van der Waals surface area contributed by atoms with E-state index >= 15 is 0 Å². The van der Waals surface area contributed by atoms with Gasteiger partial charge in [0.25, 0.3) is 0 Å². The zero-order valence-electron chi connectivity index (χ0n) is 17.7. The first-order valence-corrected chi connectivity index (χ1v) is 9.88. The van der Waals surface area contributed by atoms with Gasteiger partial charge in [0.15, 0.2) is 0 Å². The molecule has 2 nitrogen and oxygen atoms in total. The first-order chi connectivity index (χ1) is 13.2. The van der Waals surface area contributed by atoms with E-state index in [1.54, 1.807) is 0 Å². The van der Waals surface area contributed by atoms with Gasteiger partial charge < -0.3 is 9.84 Å². The molecule has 2 heteroatoms. The van der Waals surface area contributed by atoms with E-state index in [0.717, 1.165) is 33.6 Å². The average molecular weight is 375 g/mol. The van der Waals surface area contributed by atoms with E-state index in [9.17, 15) is 5.11 Å². The van der Waals surface area contributed by atoms with Crippen molar-refractivity contribution in [3.63, 3.8) is 0 Å². The minimum atomic E-state index is -0.0479. The maximum Gasteiger partial charge on any atom is 0.131 e. The Labute approximate surface area is 168 Å². The monoisotopic (exact) mass is 374 g/mol. The van der Waals surface area contributed by atoms with Crippen LogP contribution in [0, 0.1) is 6.92 Å². The number of para-hydroxylation sites is 1. The summed E-state index contributed by atoms with van der Waals surface area (Å²) in [6.07, 6.45) is 0.0601. The van der Waals surface area contributed by atoms with E-state index in [1.807, 2.05) is 50.2 Å². The number of ether oxygens (including phenoxy) is 1. The second kappa shape index (κ2) is 7.71. The van der Waals surface area contributed by atoms with Crippen molar-refractivity contribution < 1.29 is 9.84 Å². The van der Waals surface area contributed by atoms with Gasteiger partial charge in [0.05, 0.1) is 6.10 Å². The number of phenols is 1. The summed E-state index contributed by atoms with van der Waals surface area (Å²) in [5.41, 5.74) is 5.90. The Kier molecular flexibility index (Phi) is 5.51. The van der Waals surface area contributed by atoms with Crippen LogP contribution in [0.4, 0.5) is 0 Å². The number of rotatable bonds is 4. The van der Waals surface area contributed by atoms with Crippen molar-refractivity contribution in [1.29, 1.82) is 0 Å². The summed E-state index contributed by atoms with van der Waals surface area (Å²) in [6, 6.07) is 20.3. The zero-order valence-corrected chi connectivity index (χ0v) is 17.7. The number of aromatic hydroxyl groups is 1. The minimum Gasteiger partial charge on any atom is -0.507 e. The summed E-state index contributed by atoms with van der Waals surface area (Å²) in [4.78, 5) is 0. The third-order valence-electron chi connectivity index (χ3n) is 4.95. The highest BCUT2D eigenvalue weighted by Crippen LogP contribution is 2.45. The van der Waals surface area contributed by atoms with E-state index in [-0.39, 0.29) is 11.5 Å². The van der Waals surface area contributed by atoms with Crippen molar-refractivity contribution in [2.75, 3.05) is 0 Å². The fourth-order valence-electron chi connectivity index (χ4n) is 3.40. The van der Waals surface area contributed by atoms with E-state index < -0.39 is 0 Å². The van der Waals surface area contributed by atoms with Crippen LogP contribution in [-0.4, -0.2) is 11.2 Å². The number of benzene rings is 3. The molecule has 3 aromatic rings. The van der Waals surface area contributed by atoms with Gasteiger partial charge in [0, 0.05) is 16.7 Å². The lowest BCUT2D eigenvalue weighted by molar-refractivity contribution is 0.243. The topological polar surface area (TPSA) is 29.5 Å². The lowest BCUT2D eigenvalue weighted by Gasteiger charge is -2.24. The summed E-state index contributed by atoms with van der Waals surface area (Å²) in [5, 5.41) is 11.3. The molecule has 0 saturated carbocycles.